The largest absolute Gasteiger partial charge is 0.411 e. The number of ether oxygens (including phenoxy) is 1. The van der Waals surface area contributed by atoms with Gasteiger partial charge in [-0.05, 0) is 40.9 Å². The maximum absolute atomic E-state index is 11.8. The zero-order valence-electron chi connectivity index (χ0n) is 8.97. The molecule has 0 aromatic carbocycles. The third kappa shape index (κ3) is 7.03. The molecule has 0 amide bonds. The van der Waals surface area contributed by atoms with Crippen LogP contribution in [0.4, 0.5) is 13.2 Å². The van der Waals surface area contributed by atoms with E-state index in [1.54, 1.807) is 11.3 Å². The second-order valence-electron chi connectivity index (χ2n) is 3.63. The fourth-order valence-electron chi connectivity index (χ4n) is 1.24. The number of hydrogen-bond donors (Lipinski definition) is 1. The molecule has 1 rings (SSSR count). The number of alkyl halides is 3. The second kappa shape index (κ2) is 6.72. The van der Waals surface area contributed by atoms with Crippen LogP contribution in [0.5, 0.6) is 0 Å². The molecule has 1 atom stereocenters. The van der Waals surface area contributed by atoms with Crippen molar-refractivity contribution < 1.29 is 17.9 Å². The summed E-state index contributed by atoms with van der Waals surface area (Å²) in [6.45, 7) is -1.17. The van der Waals surface area contributed by atoms with E-state index in [9.17, 15) is 13.2 Å². The van der Waals surface area contributed by atoms with Gasteiger partial charge in [-0.3, -0.25) is 0 Å². The first-order valence-electron chi connectivity index (χ1n) is 5.01. The van der Waals surface area contributed by atoms with Gasteiger partial charge in [-0.25, -0.2) is 0 Å². The average molecular weight is 332 g/mol. The van der Waals surface area contributed by atoms with E-state index in [0.717, 1.165) is 8.66 Å². The normalized spacial score (nSPS) is 13.9. The Morgan fingerprint density at radius 3 is 2.65 bits per heavy atom. The molecule has 98 valence electrons. The van der Waals surface area contributed by atoms with Gasteiger partial charge < -0.3 is 10.5 Å². The SMILES string of the molecule is NC(CCOCC(F)(F)F)Cc1ccc(Br)s1. The van der Waals surface area contributed by atoms with Gasteiger partial charge in [0.05, 0.1) is 3.79 Å². The summed E-state index contributed by atoms with van der Waals surface area (Å²) in [5, 5.41) is 0. The van der Waals surface area contributed by atoms with Crippen molar-refractivity contribution in [2.24, 2.45) is 5.73 Å². The minimum absolute atomic E-state index is 0.0349. The van der Waals surface area contributed by atoms with Crippen LogP contribution in [0.3, 0.4) is 0 Å². The van der Waals surface area contributed by atoms with E-state index in [1.165, 1.54) is 0 Å². The van der Waals surface area contributed by atoms with Gasteiger partial charge in [0.1, 0.15) is 6.61 Å². The van der Waals surface area contributed by atoms with E-state index in [0.29, 0.717) is 12.8 Å². The lowest BCUT2D eigenvalue weighted by atomic mass is 10.1. The van der Waals surface area contributed by atoms with Crippen LogP contribution in [0, 0.1) is 0 Å². The molecule has 0 fully saturated rings. The van der Waals surface area contributed by atoms with Crippen molar-refractivity contribution in [1.29, 1.82) is 0 Å². The third-order valence-corrected chi connectivity index (χ3v) is 3.64. The number of hydrogen-bond acceptors (Lipinski definition) is 3. The van der Waals surface area contributed by atoms with Crippen molar-refractivity contribution in [3.63, 3.8) is 0 Å². The highest BCUT2D eigenvalue weighted by atomic mass is 79.9. The summed E-state index contributed by atoms with van der Waals surface area (Å²) < 4.78 is 40.8. The van der Waals surface area contributed by atoms with Crippen LogP contribution in [0.1, 0.15) is 11.3 Å². The Morgan fingerprint density at radius 1 is 1.41 bits per heavy atom. The maximum atomic E-state index is 11.8. The number of rotatable bonds is 6. The molecule has 1 heterocycles. The average Bonchev–Trinajstić information content (AvgIpc) is 2.57. The van der Waals surface area contributed by atoms with E-state index in [4.69, 9.17) is 5.73 Å². The number of nitrogens with two attached hydrogens (primary N) is 1. The van der Waals surface area contributed by atoms with Crippen molar-refractivity contribution in [3.8, 4) is 0 Å². The molecular formula is C10H13BrF3NOS. The van der Waals surface area contributed by atoms with Gasteiger partial charge >= 0.3 is 6.18 Å². The molecule has 7 heteroatoms. The number of thiophene rings is 1. The van der Waals surface area contributed by atoms with E-state index in [2.05, 4.69) is 20.7 Å². The molecule has 0 aliphatic carbocycles. The summed E-state index contributed by atoms with van der Waals surface area (Å²) in [6, 6.07) is 3.70. The van der Waals surface area contributed by atoms with Gasteiger partial charge in [0.2, 0.25) is 0 Å². The molecule has 0 saturated heterocycles. The predicted molar refractivity (Wildman–Crippen MR) is 65.2 cm³/mol. The quantitative estimate of drug-likeness (QED) is 0.811. The zero-order chi connectivity index (χ0) is 12.9. The zero-order valence-corrected chi connectivity index (χ0v) is 11.4. The topological polar surface area (TPSA) is 35.2 Å². The summed E-state index contributed by atoms with van der Waals surface area (Å²) in [5.74, 6) is 0. The summed E-state index contributed by atoms with van der Waals surface area (Å²) in [5.41, 5.74) is 5.79. The van der Waals surface area contributed by atoms with Crippen molar-refractivity contribution >= 4 is 27.3 Å². The Morgan fingerprint density at radius 2 is 2.12 bits per heavy atom. The van der Waals surface area contributed by atoms with Crippen molar-refractivity contribution in [3.05, 3.63) is 20.8 Å². The van der Waals surface area contributed by atoms with E-state index < -0.39 is 12.8 Å². The van der Waals surface area contributed by atoms with E-state index >= 15 is 0 Å². The highest BCUT2D eigenvalue weighted by Crippen LogP contribution is 2.23. The van der Waals surface area contributed by atoms with Crippen molar-refractivity contribution in [1.82, 2.24) is 0 Å². The first kappa shape index (κ1) is 14.9. The molecule has 1 aromatic rings. The van der Waals surface area contributed by atoms with Gasteiger partial charge in [-0.2, -0.15) is 13.2 Å². The Hall–Kier alpha value is -0.110. The maximum Gasteiger partial charge on any atom is 0.411 e. The monoisotopic (exact) mass is 331 g/mol. The Kier molecular flexibility index (Phi) is 5.91. The minimum Gasteiger partial charge on any atom is -0.372 e. The number of halogens is 4. The van der Waals surface area contributed by atoms with Gasteiger partial charge in [0.25, 0.3) is 0 Å². The molecule has 0 aliphatic rings. The smallest absolute Gasteiger partial charge is 0.372 e. The lowest BCUT2D eigenvalue weighted by molar-refractivity contribution is -0.174. The lowest BCUT2D eigenvalue weighted by Crippen LogP contribution is -2.25. The standard InChI is InChI=1S/C10H13BrF3NOS/c11-9-2-1-8(17-9)5-7(15)3-4-16-6-10(12,13)14/h1-2,7H,3-6,15H2. The highest BCUT2D eigenvalue weighted by molar-refractivity contribution is 9.11. The van der Waals surface area contributed by atoms with Crippen LogP contribution >= 0.6 is 27.3 Å². The van der Waals surface area contributed by atoms with Crippen LogP contribution in [-0.4, -0.2) is 25.4 Å². The van der Waals surface area contributed by atoms with Crippen LogP contribution in [0.15, 0.2) is 15.9 Å². The predicted octanol–water partition coefficient (Wildman–Crippen LogP) is 3.35. The van der Waals surface area contributed by atoms with E-state index in [1.807, 2.05) is 12.1 Å². The summed E-state index contributed by atoms with van der Waals surface area (Å²) >= 11 is 4.91. The van der Waals surface area contributed by atoms with Gasteiger partial charge in [0.15, 0.2) is 0 Å². The van der Waals surface area contributed by atoms with Crippen LogP contribution in [-0.2, 0) is 11.2 Å². The van der Waals surface area contributed by atoms with E-state index in [-0.39, 0.29) is 12.6 Å². The molecular weight excluding hydrogens is 319 g/mol. The highest BCUT2D eigenvalue weighted by Gasteiger charge is 2.27. The van der Waals surface area contributed by atoms with Crippen LogP contribution in [0.25, 0.3) is 0 Å². The first-order chi connectivity index (χ1) is 7.87. The molecule has 0 saturated carbocycles. The molecule has 0 spiro atoms. The molecule has 1 unspecified atom stereocenters. The Balaban J connectivity index is 2.15. The fraction of sp³-hybridized carbons (Fsp3) is 0.600. The molecule has 0 aliphatic heterocycles. The fourth-order valence-corrected chi connectivity index (χ4v) is 2.82. The van der Waals surface area contributed by atoms with Crippen LogP contribution < -0.4 is 5.73 Å². The molecule has 0 radical (unpaired) electrons. The lowest BCUT2D eigenvalue weighted by Gasteiger charge is -2.11. The van der Waals surface area contributed by atoms with Crippen LogP contribution in [0.2, 0.25) is 0 Å². The van der Waals surface area contributed by atoms with Crippen molar-refractivity contribution in [2.75, 3.05) is 13.2 Å². The molecule has 1 aromatic heterocycles. The Bertz CT molecular complexity index is 343. The first-order valence-corrected chi connectivity index (χ1v) is 6.62. The summed E-state index contributed by atoms with van der Waals surface area (Å²) in [7, 11) is 0. The van der Waals surface area contributed by atoms with Gasteiger partial charge in [0, 0.05) is 17.5 Å². The third-order valence-electron chi connectivity index (χ3n) is 1.99. The molecule has 2 N–H and O–H groups in total. The molecule has 2 nitrogen and oxygen atoms in total. The molecule has 17 heavy (non-hydrogen) atoms. The van der Waals surface area contributed by atoms with Gasteiger partial charge in [-0.1, -0.05) is 0 Å². The summed E-state index contributed by atoms with van der Waals surface area (Å²) in [4.78, 5) is 1.11. The molecule has 0 bridgehead atoms. The summed E-state index contributed by atoms with van der Waals surface area (Å²) in [6.07, 6.45) is -3.18. The van der Waals surface area contributed by atoms with Gasteiger partial charge in [-0.15, -0.1) is 11.3 Å². The minimum atomic E-state index is -4.26. The Labute approximate surface area is 110 Å². The second-order valence-corrected chi connectivity index (χ2v) is 6.17. The van der Waals surface area contributed by atoms with Crippen molar-refractivity contribution in [2.45, 2.75) is 25.1 Å².